The van der Waals surface area contributed by atoms with Gasteiger partial charge in [0.25, 0.3) is 5.19 Å². The normalized spacial score (nSPS) is 31.7. The van der Waals surface area contributed by atoms with Crippen LogP contribution in [0.5, 0.6) is 5.19 Å². The number of likely N-dealkylation sites (N-methyl/N-ethyl adjacent to an activating group) is 1. The Bertz CT molecular complexity index is 481. The molecule has 0 aliphatic carbocycles. The fraction of sp³-hybridized carbons (Fsp3) is 0.833. The van der Waals surface area contributed by atoms with Gasteiger partial charge in [-0.05, 0) is 14.0 Å². The van der Waals surface area contributed by atoms with E-state index in [1.54, 1.807) is 0 Å². The third-order valence-electron chi connectivity index (χ3n) is 3.86. The summed E-state index contributed by atoms with van der Waals surface area (Å²) >= 11 is 1.25. The van der Waals surface area contributed by atoms with Crippen LogP contribution in [0.2, 0.25) is 0 Å². The Balaban J connectivity index is 1.84. The third kappa shape index (κ3) is 2.89. The van der Waals surface area contributed by atoms with Gasteiger partial charge in [0.15, 0.2) is 6.17 Å². The van der Waals surface area contributed by atoms with Gasteiger partial charge in [0.2, 0.25) is 0 Å². The molecule has 0 aromatic carbocycles. The molecule has 9 heteroatoms. The van der Waals surface area contributed by atoms with Crippen LogP contribution in [0.1, 0.15) is 6.92 Å². The Kier molecular flexibility index (Phi) is 4.38. The minimum absolute atomic E-state index is 0.152. The molecular weight excluding hydrogens is 294 g/mol. The summed E-state index contributed by atoms with van der Waals surface area (Å²) in [5.41, 5.74) is 0. The largest absolute Gasteiger partial charge is 0.623 e. The lowest BCUT2D eigenvalue weighted by Gasteiger charge is -2.44. The highest BCUT2D eigenvalue weighted by molar-refractivity contribution is 7.16. The molecule has 3 rings (SSSR count). The van der Waals surface area contributed by atoms with Crippen molar-refractivity contribution in [3.05, 3.63) is 5.21 Å². The molecule has 8 nitrogen and oxygen atoms in total. The molecule has 2 fully saturated rings. The predicted octanol–water partition coefficient (Wildman–Crippen LogP) is 0.303. The molecule has 21 heavy (non-hydrogen) atoms. The van der Waals surface area contributed by atoms with E-state index in [-0.39, 0.29) is 6.17 Å². The van der Waals surface area contributed by atoms with E-state index in [0.717, 1.165) is 19.6 Å². The van der Waals surface area contributed by atoms with E-state index in [0.29, 0.717) is 36.8 Å². The minimum atomic E-state index is -0.471. The number of hydrogen-bond acceptors (Lipinski definition) is 8. The van der Waals surface area contributed by atoms with Crippen LogP contribution in [0, 0.1) is 5.21 Å². The van der Waals surface area contributed by atoms with Crippen LogP contribution in [-0.2, 0) is 4.74 Å². The first-order chi connectivity index (χ1) is 10.1. The lowest BCUT2D eigenvalue weighted by atomic mass is 10.3. The Morgan fingerprint density at radius 1 is 1.43 bits per heavy atom. The lowest BCUT2D eigenvalue weighted by Crippen LogP contribution is -2.59. The van der Waals surface area contributed by atoms with Gasteiger partial charge in [-0.25, -0.2) is 4.90 Å². The van der Waals surface area contributed by atoms with Crippen molar-refractivity contribution in [2.24, 2.45) is 0 Å². The zero-order valence-corrected chi connectivity index (χ0v) is 13.2. The maximum absolute atomic E-state index is 13.4. The fourth-order valence-corrected chi connectivity index (χ4v) is 3.73. The van der Waals surface area contributed by atoms with Crippen molar-refractivity contribution in [3.8, 4) is 5.19 Å². The first-order valence-electron chi connectivity index (χ1n) is 7.19. The van der Waals surface area contributed by atoms with Crippen molar-refractivity contribution in [2.45, 2.75) is 13.1 Å². The maximum Gasteiger partial charge on any atom is 0.312 e. The average molecular weight is 315 g/mol. The second-order valence-electron chi connectivity index (χ2n) is 5.39. The van der Waals surface area contributed by atoms with E-state index in [1.807, 2.05) is 14.0 Å². The molecule has 2 saturated heterocycles. The quantitative estimate of drug-likeness (QED) is 0.584. The van der Waals surface area contributed by atoms with Gasteiger partial charge in [0.05, 0.1) is 26.4 Å². The average Bonchev–Trinajstić information content (AvgIpc) is 3.06. The Hall–Kier alpha value is -0.840. The van der Waals surface area contributed by atoms with Crippen LogP contribution >= 0.6 is 11.3 Å². The highest BCUT2D eigenvalue weighted by atomic mass is 32.1. The topological polar surface area (TPSA) is 73.8 Å². The van der Waals surface area contributed by atoms with Crippen molar-refractivity contribution < 1.29 is 9.47 Å². The first kappa shape index (κ1) is 15.1. The number of ether oxygens (including phenoxy) is 2. The molecule has 0 N–H and O–H groups in total. The van der Waals surface area contributed by atoms with Gasteiger partial charge in [-0.1, -0.05) is 10.2 Å². The number of morpholine rings is 1. The molecule has 1 aromatic heterocycles. The molecule has 0 amide bonds. The number of aromatic nitrogens is 2. The summed E-state index contributed by atoms with van der Waals surface area (Å²) in [6.45, 7) is 6.48. The van der Waals surface area contributed by atoms with Crippen LogP contribution in [0.15, 0.2) is 0 Å². The van der Waals surface area contributed by atoms with E-state index < -0.39 is 4.65 Å². The van der Waals surface area contributed by atoms with E-state index in [4.69, 9.17) is 9.47 Å². The van der Waals surface area contributed by atoms with Gasteiger partial charge in [0, 0.05) is 24.4 Å². The molecule has 0 saturated carbocycles. The zero-order chi connectivity index (χ0) is 14.9. The molecule has 3 heterocycles. The number of rotatable bonds is 4. The first-order valence-corrected chi connectivity index (χ1v) is 8.01. The Morgan fingerprint density at radius 2 is 2.19 bits per heavy atom. The lowest BCUT2D eigenvalue weighted by molar-refractivity contribution is -0.00410. The third-order valence-corrected chi connectivity index (χ3v) is 4.81. The Morgan fingerprint density at radius 3 is 2.90 bits per heavy atom. The predicted molar refractivity (Wildman–Crippen MR) is 79.9 cm³/mol. The molecule has 0 radical (unpaired) electrons. The van der Waals surface area contributed by atoms with Gasteiger partial charge in [0.1, 0.15) is 6.67 Å². The smallest absolute Gasteiger partial charge is 0.312 e. The summed E-state index contributed by atoms with van der Waals surface area (Å²) in [5.74, 6) is 0. The monoisotopic (exact) mass is 315 g/mol. The molecule has 2 aliphatic heterocycles. The van der Waals surface area contributed by atoms with Crippen LogP contribution < -0.4 is 9.38 Å². The molecular formula is C12H21N5O3S. The summed E-state index contributed by atoms with van der Waals surface area (Å²) in [4.78, 5) is 4.26. The van der Waals surface area contributed by atoms with E-state index >= 15 is 0 Å². The molecule has 2 aliphatic rings. The van der Waals surface area contributed by atoms with Crippen LogP contribution in [0.4, 0.5) is 5.13 Å². The highest BCUT2D eigenvalue weighted by Gasteiger charge is 2.46. The van der Waals surface area contributed by atoms with Crippen molar-refractivity contribution >= 4 is 16.5 Å². The summed E-state index contributed by atoms with van der Waals surface area (Å²) in [6, 6.07) is 0. The Labute approximate surface area is 128 Å². The van der Waals surface area contributed by atoms with E-state index in [9.17, 15) is 5.21 Å². The summed E-state index contributed by atoms with van der Waals surface area (Å²) < 4.78 is 10.3. The van der Waals surface area contributed by atoms with Gasteiger partial charge < -0.3 is 14.7 Å². The minimum Gasteiger partial charge on any atom is -0.623 e. The van der Waals surface area contributed by atoms with Crippen molar-refractivity contribution in [3.63, 3.8) is 0 Å². The zero-order valence-electron chi connectivity index (χ0n) is 12.4. The van der Waals surface area contributed by atoms with Crippen molar-refractivity contribution in [1.82, 2.24) is 24.6 Å². The standard InChI is InChI=1S/C12H21N5O3S/c1-3-20-12-14-13-11(21-12)17(18)9-15(2)8-10(17)16-4-6-19-7-5-16/h10H,3-9H2,1-2H3. The second kappa shape index (κ2) is 6.11. The second-order valence-corrected chi connectivity index (χ2v) is 6.31. The summed E-state index contributed by atoms with van der Waals surface area (Å²) in [5, 5.41) is 22.4. The molecule has 0 spiro atoms. The van der Waals surface area contributed by atoms with Gasteiger partial charge >= 0.3 is 5.13 Å². The van der Waals surface area contributed by atoms with E-state index in [1.165, 1.54) is 11.3 Å². The summed E-state index contributed by atoms with van der Waals surface area (Å²) in [6.07, 6.45) is -0.152. The van der Waals surface area contributed by atoms with Gasteiger partial charge in [-0.3, -0.25) is 9.55 Å². The summed E-state index contributed by atoms with van der Waals surface area (Å²) in [7, 11) is 1.97. The molecule has 118 valence electrons. The highest BCUT2D eigenvalue weighted by Crippen LogP contribution is 2.37. The molecule has 0 bridgehead atoms. The van der Waals surface area contributed by atoms with E-state index in [2.05, 4.69) is 20.0 Å². The van der Waals surface area contributed by atoms with Gasteiger partial charge in [-0.15, -0.1) is 0 Å². The number of hydroxylamine groups is 2. The number of quaternary nitrogens is 1. The fourth-order valence-electron chi connectivity index (χ4n) is 2.90. The maximum atomic E-state index is 13.4. The van der Waals surface area contributed by atoms with Crippen molar-refractivity contribution in [1.29, 1.82) is 0 Å². The molecule has 2 unspecified atom stereocenters. The van der Waals surface area contributed by atoms with Crippen LogP contribution in [-0.4, -0.2) is 79.3 Å². The van der Waals surface area contributed by atoms with Crippen LogP contribution in [0.25, 0.3) is 0 Å². The number of hydrogen-bond donors (Lipinski definition) is 0. The van der Waals surface area contributed by atoms with Gasteiger partial charge in [-0.2, -0.15) is 0 Å². The van der Waals surface area contributed by atoms with Crippen molar-refractivity contribution in [2.75, 3.05) is 53.2 Å². The van der Waals surface area contributed by atoms with Crippen LogP contribution in [0.3, 0.4) is 0 Å². The molecule has 2 atom stereocenters. The SMILES string of the molecule is CCOc1nnc([N+]2([O-])CN(C)CC2N2CCOCC2)s1. The molecule has 1 aromatic rings. The number of nitrogens with zero attached hydrogens (tertiary/aromatic N) is 5.